The molecule has 2 rings (SSSR count). The molecule has 1 atom stereocenters. The Balaban J connectivity index is 2.17. The molecule has 0 radical (unpaired) electrons. The number of phenols is 2. The predicted octanol–water partition coefficient (Wildman–Crippen LogP) is 1.80. The van der Waals surface area contributed by atoms with Crippen molar-refractivity contribution in [2.45, 2.75) is 19.8 Å². The number of hydrogen-bond donors (Lipinski definition) is 3. The van der Waals surface area contributed by atoms with Gasteiger partial charge in [-0.15, -0.1) is 0 Å². The van der Waals surface area contributed by atoms with Crippen LogP contribution in [-0.2, 0) is 0 Å². The lowest BCUT2D eigenvalue weighted by molar-refractivity contribution is 0.0728. The van der Waals surface area contributed by atoms with Crippen LogP contribution >= 0.6 is 0 Å². The molecule has 3 N–H and O–H groups in total. The van der Waals surface area contributed by atoms with E-state index in [1.54, 1.807) is 4.90 Å². The largest absolute Gasteiger partial charge is 0.508 e. The highest BCUT2D eigenvalue weighted by Crippen LogP contribution is 2.24. The maximum absolute atomic E-state index is 12.4. The monoisotopic (exact) mass is 278 g/mol. The molecule has 1 aliphatic rings. The predicted molar refractivity (Wildman–Crippen MR) is 73.3 cm³/mol. The van der Waals surface area contributed by atoms with Gasteiger partial charge in [0.05, 0.1) is 5.71 Å². The van der Waals surface area contributed by atoms with Gasteiger partial charge in [0.15, 0.2) is 0 Å². The number of likely N-dealkylation sites (tertiary alicyclic amines) is 1. The number of benzene rings is 1. The summed E-state index contributed by atoms with van der Waals surface area (Å²) >= 11 is 0. The summed E-state index contributed by atoms with van der Waals surface area (Å²) in [5.41, 5.74) is 0.969. The van der Waals surface area contributed by atoms with Crippen molar-refractivity contribution in [1.29, 1.82) is 0 Å². The minimum atomic E-state index is -0.244. The van der Waals surface area contributed by atoms with E-state index in [9.17, 15) is 15.0 Å². The summed E-state index contributed by atoms with van der Waals surface area (Å²) in [5.74, 6) is -0.486. The van der Waals surface area contributed by atoms with Crippen molar-refractivity contribution in [2.75, 3.05) is 13.1 Å². The molecular formula is C14H18N2O4. The first-order chi connectivity index (χ1) is 9.55. The summed E-state index contributed by atoms with van der Waals surface area (Å²) in [6.07, 6.45) is 1.32. The second-order valence-corrected chi connectivity index (χ2v) is 4.94. The molecule has 20 heavy (non-hydrogen) atoms. The van der Waals surface area contributed by atoms with Crippen molar-refractivity contribution in [3.05, 3.63) is 23.8 Å². The van der Waals surface area contributed by atoms with Crippen LogP contribution in [0.5, 0.6) is 11.5 Å². The van der Waals surface area contributed by atoms with Crippen molar-refractivity contribution in [1.82, 2.24) is 4.90 Å². The van der Waals surface area contributed by atoms with E-state index in [1.165, 1.54) is 18.2 Å². The third-order valence-electron chi connectivity index (χ3n) is 3.61. The molecule has 108 valence electrons. The van der Waals surface area contributed by atoms with Gasteiger partial charge < -0.3 is 20.3 Å². The molecule has 0 saturated carbocycles. The van der Waals surface area contributed by atoms with Gasteiger partial charge in [0.25, 0.3) is 5.91 Å². The van der Waals surface area contributed by atoms with Gasteiger partial charge in [-0.2, -0.15) is 0 Å². The van der Waals surface area contributed by atoms with Crippen LogP contribution in [0.3, 0.4) is 0 Å². The Hall–Kier alpha value is -2.24. The number of carbonyl (C=O) groups is 1. The average molecular weight is 278 g/mol. The van der Waals surface area contributed by atoms with Crippen molar-refractivity contribution in [3.8, 4) is 11.5 Å². The van der Waals surface area contributed by atoms with Crippen LogP contribution in [0, 0.1) is 5.92 Å². The number of phenolic OH excluding ortho intramolecular Hbond substituents is 2. The number of hydrogen-bond acceptors (Lipinski definition) is 5. The highest BCUT2D eigenvalue weighted by molar-refractivity contribution is 5.97. The van der Waals surface area contributed by atoms with Crippen LogP contribution in [0.25, 0.3) is 0 Å². The van der Waals surface area contributed by atoms with Crippen LogP contribution < -0.4 is 0 Å². The molecule has 0 aromatic heterocycles. The lowest BCUT2D eigenvalue weighted by atomic mass is 9.93. The fraction of sp³-hybridized carbons (Fsp3) is 0.429. The Morgan fingerprint density at radius 2 is 2.00 bits per heavy atom. The Kier molecular flexibility index (Phi) is 4.12. The van der Waals surface area contributed by atoms with Crippen LogP contribution in [0.4, 0.5) is 0 Å². The quantitative estimate of drug-likeness (QED) is 0.568. The molecule has 1 aromatic rings. The Morgan fingerprint density at radius 3 is 2.55 bits per heavy atom. The average Bonchev–Trinajstić information content (AvgIpc) is 2.44. The zero-order valence-corrected chi connectivity index (χ0v) is 11.3. The fourth-order valence-corrected chi connectivity index (χ4v) is 2.50. The maximum Gasteiger partial charge on any atom is 0.254 e. The summed E-state index contributed by atoms with van der Waals surface area (Å²) in [6.45, 7) is 2.92. The minimum Gasteiger partial charge on any atom is -0.508 e. The standard InChI is InChI=1S/C14H18N2O4/c1-2-9-8-16(4-3-13(9)15-20)14(19)10-5-11(17)7-12(18)6-10/h5-7,9,17-18,20H,2-4,8H2,1H3/b15-13+. The second-order valence-electron chi connectivity index (χ2n) is 4.94. The first kappa shape index (κ1) is 14.2. The van der Waals surface area contributed by atoms with E-state index >= 15 is 0 Å². The number of aromatic hydroxyl groups is 2. The molecule has 1 amide bonds. The number of oxime groups is 1. The molecule has 0 bridgehead atoms. The van der Waals surface area contributed by atoms with Gasteiger partial charge in [-0.3, -0.25) is 4.79 Å². The highest BCUT2D eigenvalue weighted by Gasteiger charge is 2.28. The molecule has 6 heteroatoms. The molecule has 1 saturated heterocycles. The summed E-state index contributed by atoms with van der Waals surface area (Å²) in [7, 11) is 0. The van der Waals surface area contributed by atoms with Crippen LogP contribution in [0.2, 0.25) is 0 Å². The Labute approximate surface area is 116 Å². The molecule has 1 unspecified atom stereocenters. The number of rotatable bonds is 2. The van der Waals surface area contributed by atoms with Crippen molar-refractivity contribution < 1.29 is 20.2 Å². The van der Waals surface area contributed by atoms with Crippen LogP contribution in [0.15, 0.2) is 23.4 Å². The van der Waals surface area contributed by atoms with Gasteiger partial charge in [0, 0.05) is 37.1 Å². The van der Waals surface area contributed by atoms with Crippen LogP contribution in [0.1, 0.15) is 30.1 Å². The maximum atomic E-state index is 12.4. The first-order valence-electron chi connectivity index (χ1n) is 6.58. The first-order valence-corrected chi connectivity index (χ1v) is 6.58. The highest BCUT2D eigenvalue weighted by atomic mass is 16.4. The summed E-state index contributed by atoms with van der Waals surface area (Å²) in [4.78, 5) is 14.0. The van der Waals surface area contributed by atoms with E-state index in [0.717, 1.165) is 12.1 Å². The molecule has 6 nitrogen and oxygen atoms in total. The molecule has 1 aliphatic heterocycles. The lowest BCUT2D eigenvalue weighted by Crippen LogP contribution is -2.44. The lowest BCUT2D eigenvalue weighted by Gasteiger charge is -2.32. The normalized spacial score (nSPS) is 21.1. The topological polar surface area (TPSA) is 93.4 Å². The molecule has 1 aromatic carbocycles. The third-order valence-corrected chi connectivity index (χ3v) is 3.61. The van der Waals surface area contributed by atoms with E-state index in [2.05, 4.69) is 5.16 Å². The Bertz CT molecular complexity index is 522. The van der Waals surface area contributed by atoms with E-state index in [4.69, 9.17) is 5.21 Å². The van der Waals surface area contributed by atoms with E-state index in [1.807, 2.05) is 6.92 Å². The number of carbonyl (C=O) groups excluding carboxylic acids is 1. The zero-order chi connectivity index (χ0) is 14.7. The van der Waals surface area contributed by atoms with Gasteiger partial charge in [-0.25, -0.2) is 0 Å². The zero-order valence-electron chi connectivity index (χ0n) is 11.3. The fourth-order valence-electron chi connectivity index (χ4n) is 2.50. The summed E-state index contributed by atoms with van der Waals surface area (Å²) in [5, 5.41) is 31.1. The Morgan fingerprint density at radius 1 is 1.35 bits per heavy atom. The molecular weight excluding hydrogens is 260 g/mol. The number of nitrogens with zero attached hydrogens (tertiary/aromatic N) is 2. The van der Waals surface area contributed by atoms with Crippen molar-refractivity contribution in [2.24, 2.45) is 11.1 Å². The van der Waals surface area contributed by atoms with E-state index in [0.29, 0.717) is 19.5 Å². The number of piperidine rings is 1. The van der Waals surface area contributed by atoms with E-state index < -0.39 is 0 Å². The van der Waals surface area contributed by atoms with Gasteiger partial charge in [-0.1, -0.05) is 12.1 Å². The molecule has 0 spiro atoms. The van der Waals surface area contributed by atoms with Gasteiger partial charge in [0.1, 0.15) is 11.5 Å². The molecule has 0 aliphatic carbocycles. The van der Waals surface area contributed by atoms with Crippen molar-refractivity contribution in [3.63, 3.8) is 0 Å². The minimum absolute atomic E-state index is 0.0450. The molecule has 1 fully saturated rings. The number of amides is 1. The summed E-state index contributed by atoms with van der Waals surface area (Å²) in [6, 6.07) is 3.84. The van der Waals surface area contributed by atoms with Gasteiger partial charge in [0.2, 0.25) is 0 Å². The van der Waals surface area contributed by atoms with Gasteiger partial charge in [-0.05, 0) is 18.6 Å². The smallest absolute Gasteiger partial charge is 0.254 e. The summed E-state index contributed by atoms with van der Waals surface area (Å²) < 4.78 is 0. The van der Waals surface area contributed by atoms with Crippen LogP contribution in [-0.4, -0.2) is 45.0 Å². The van der Waals surface area contributed by atoms with E-state index in [-0.39, 0.29) is 28.9 Å². The molecule has 1 heterocycles. The van der Waals surface area contributed by atoms with Crippen molar-refractivity contribution >= 4 is 11.6 Å². The second kappa shape index (κ2) is 5.81. The SMILES string of the molecule is CCC1CN(C(=O)c2cc(O)cc(O)c2)CC/C1=N\O. The van der Waals surface area contributed by atoms with Gasteiger partial charge >= 0.3 is 0 Å². The third kappa shape index (κ3) is 2.84.